The molecular formula is C13H18O2S. The predicted octanol–water partition coefficient (Wildman–Crippen LogP) is 3.32. The molecule has 0 atom stereocenters. The lowest BCUT2D eigenvalue weighted by Crippen LogP contribution is -2.37. The van der Waals surface area contributed by atoms with Crippen molar-refractivity contribution in [1.29, 1.82) is 0 Å². The van der Waals surface area contributed by atoms with Crippen molar-refractivity contribution in [3.8, 4) is 0 Å². The van der Waals surface area contributed by atoms with Crippen molar-refractivity contribution < 1.29 is 9.90 Å². The van der Waals surface area contributed by atoms with Gasteiger partial charge in [-0.15, -0.1) is 11.3 Å². The highest BCUT2D eigenvalue weighted by atomic mass is 32.1. The first-order valence-electron chi connectivity index (χ1n) is 5.94. The van der Waals surface area contributed by atoms with E-state index < -0.39 is 5.60 Å². The molecule has 0 radical (unpaired) electrons. The van der Waals surface area contributed by atoms with Crippen molar-refractivity contribution >= 4 is 17.1 Å². The van der Waals surface area contributed by atoms with Crippen molar-refractivity contribution in [2.75, 3.05) is 0 Å². The second kappa shape index (κ2) is 4.68. The Hall–Kier alpha value is -0.670. The van der Waals surface area contributed by atoms with Crippen LogP contribution < -0.4 is 0 Å². The van der Waals surface area contributed by atoms with E-state index in [9.17, 15) is 9.90 Å². The van der Waals surface area contributed by atoms with Crippen LogP contribution >= 0.6 is 11.3 Å². The average Bonchev–Trinajstić information content (AvgIpc) is 2.56. The Kier molecular flexibility index (Phi) is 3.45. The van der Waals surface area contributed by atoms with Crippen molar-refractivity contribution in [1.82, 2.24) is 0 Å². The van der Waals surface area contributed by atoms with E-state index in [0.29, 0.717) is 18.4 Å². The van der Waals surface area contributed by atoms with Gasteiger partial charge in [-0.05, 0) is 25.8 Å². The highest BCUT2D eigenvalue weighted by Crippen LogP contribution is 2.31. The zero-order valence-corrected chi connectivity index (χ0v) is 10.5. The lowest BCUT2D eigenvalue weighted by atomic mass is 9.87. The second-order valence-electron chi connectivity index (χ2n) is 4.72. The van der Waals surface area contributed by atoms with Crippen LogP contribution in [-0.2, 0) is 0 Å². The van der Waals surface area contributed by atoms with E-state index in [-0.39, 0.29) is 5.78 Å². The number of rotatable bonds is 2. The van der Waals surface area contributed by atoms with Crippen LogP contribution in [0.2, 0.25) is 0 Å². The Morgan fingerprint density at radius 3 is 2.44 bits per heavy atom. The molecule has 0 bridgehead atoms. The Labute approximate surface area is 100 Å². The van der Waals surface area contributed by atoms with Gasteiger partial charge in [0.05, 0.1) is 0 Å². The van der Waals surface area contributed by atoms with Gasteiger partial charge in [-0.25, -0.2) is 0 Å². The van der Waals surface area contributed by atoms with Gasteiger partial charge in [0.1, 0.15) is 5.60 Å². The summed E-state index contributed by atoms with van der Waals surface area (Å²) >= 11 is 1.57. The number of carbonyl (C=O) groups excluding carboxylic acids is 1. The number of thiophene rings is 1. The topological polar surface area (TPSA) is 37.3 Å². The molecule has 0 aliphatic heterocycles. The number of hydrogen-bond acceptors (Lipinski definition) is 3. The number of aliphatic hydroxyl groups is 1. The number of Topliss-reactive ketones (excluding diaryl/α,β-unsaturated/α-hetero) is 1. The molecule has 2 nitrogen and oxygen atoms in total. The quantitative estimate of drug-likeness (QED) is 0.634. The summed E-state index contributed by atoms with van der Waals surface area (Å²) in [5, 5.41) is 12.3. The molecule has 88 valence electrons. The van der Waals surface area contributed by atoms with Crippen LogP contribution in [0.15, 0.2) is 11.4 Å². The van der Waals surface area contributed by atoms with E-state index in [4.69, 9.17) is 0 Å². The summed E-state index contributed by atoms with van der Waals surface area (Å²) in [6, 6.07) is 1.88. The third kappa shape index (κ3) is 2.36. The maximum atomic E-state index is 12.2. The fourth-order valence-corrected chi connectivity index (χ4v) is 3.05. The molecule has 1 saturated carbocycles. The van der Waals surface area contributed by atoms with E-state index in [0.717, 1.165) is 30.6 Å². The summed E-state index contributed by atoms with van der Waals surface area (Å²) in [6.07, 6.45) is 5.45. The minimum Gasteiger partial charge on any atom is -0.382 e. The summed E-state index contributed by atoms with van der Waals surface area (Å²) in [7, 11) is 0. The smallest absolute Gasteiger partial charge is 0.195 e. The van der Waals surface area contributed by atoms with Gasteiger partial charge in [-0.3, -0.25) is 4.79 Å². The fraction of sp³-hybridized carbons (Fsp3) is 0.615. The zero-order valence-electron chi connectivity index (χ0n) is 9.66. The lowest BCUT2D eigenvalue weighted by Gasteiger charge is -2.24. The molecule has 0 spiro atoms. The van der Waals surface area contributed by atoms with Gasteiger partial charge in [0.25, 0.3) is 0 Å². The highest BCUT2D eigenvalue weighted by Gasteiger charge is 2.36. The van der Waals surface area contributed by atoms with Crippen LogP contribution in [0, 0.1) is 6.92 Å². The number of ketones is 1. The normalized spacial score (nSPS) is 20.4. The molecule has 1 aliphatic carbocycles. The molecule has 3 heteroatoms. The van der Waals surface area contributed by atoms with Gasteiger partial charge in [-0.2, -0.15) is 0 Å². The highest BCUT2D eigenvalue weighted by molar-refractivity contribution is 7.10. The van der Waals surface area contributed by atoms with Crippen LogP contribution in [0.1, 0.15) is 53.8 Å². The van der Waals surface area contributed by atoms with Gasteiger partial charge < -0.3 is 5.11 Å². The van der Waals surface area contributed by atoms with E-state index in [1.807, 2.05) is 18.4 Å². The van der Waals surface area contributed by atoms with E-state index in [1.54, 1.807) is 11.3 Å². The molecule has 1 heterocycles. The predicted molar refractivity (Wildman–Crippen MR) is 66.0 cm³/mol. The number of carbonyl (C=O) groups is 1. The summed E-state index contributed by atoms with van der Waals surface area (Å²) in [4.78, 5) is 13.4. The molecule has 1 aromatic heterocycles. The van der Waals surface area contributed by atoms with Gasteiger partial charge in [0, 0.05) is 15.8 Å². The van der Waals surface area contributed by atoms with Gasteiger partial charge in [-0.1, -0.05) is 25.7 Å². The minimum atomic E-state index is -1.09. The first-order valence-corrected chi connectivity index (χ1v) is 6.82. The van der Waals surface area contributed by atoms with E-state index in [2.05, 4.69) is 0 Å². The van der Waals surface area contributed by atoms with Crippen molar-refractivity contribution in [3.63, 3.8) is 0 Å². The Morgan fingerprint density at radius 2 is 1.94 bits per heavy atom. The van der Waals surface area contributed by atoms with Crippen molar-refractivity contribution in [2.24, 2.45) is 0 Å². The van der Waals surface area contributed by atoms with Gasteiger partial charge >= 0.3 is 0 Å². The van der Waals surface area contributed by atoms with E-state index in [1.165, 1.54) is 0 Å². The van der Waals surface area contributed by atoms with Crippen LogP contribution in [0.3, 0.4) is 0 Å². The summed E-state index contributed by atoms with van der Waals surface area (Å²) < 4.78 is 0. The largest absolute Gasteiger partial charge is 0.382 e. The second-order valence-corrected chi connectivity index (χ2v) is 5.84. The average molecular weight is 238 g/mol. The monoisotopic (exact) mass is 238 g/mol. The van der Waals surface area contributed by atoms with Crippen LogP contribution in [0.4, 0.5) is 0 Å². The lowest BCUT2D eigenvalue weighted by molar-refractivity contribution is 0.0238. The molecule has 1 fully saturated rings. The number of hydrogen-bond donors (Lipinski definition) is 1. The first-order chi connectivity index (χ1) is 7.62. The molecule has 1 aliphatic rings. The molecule has 0 unspecified atom stereocenters. The Balaban J connectivity index is 2.18. The van der Waals surface area contributed by atoms with Crippen molar-refractivity contribution in [3.05, 3.63) is 21.9 Å². The zero-order chi connectivity index (χ0) is 11.6. The fourth-order valence-electron chi connectivity index (χ4n) is 2.37. The molecular weight excluding hydrogens is 220 g/mol. The summed E-state index contributed by atoms with van der Waals surface area (Å²) in [5.74, 6) is -0.0706. The Morgan fingerprint density at radius 1 is 1.31 bits per heavy atom. The number of aryl methyl sites for hydroxylation is 1. The van der Waals surface area contributed by atoms with Crippen molar-refractivity contribution in [2.45, 2.75) is 51.0 Å². The maximum absolute atomic E-state index is 12.2. The third-order valence-electron chi connectivity index (χ3n) is 3.35. The van der Waals surface area contributed by atoms with Gasteiger partial charge in [0.15, 0.2) is 5.78 Å². The Bertz CT molecular complexity index is 373. The van der Waals surface area contributed by atoms with Crippen LogP contribution in [0.5, 0.6) is 0 Å². The van der Waals surface area contributed by atoms with E-state index >= 15 is 0 Å². The van der Waals surface area contributed by atoms with Crippen LogP contribution in [0.25, 0.3) is 0 Å². The maximum Gasteiger partial charge on any atom is 0.195 e. The first kappa shape index (κ1) is 11.8. The SMILES string of the molecule is Cc1cc(C(=O)C2(O)CCCCCC2)cs1. The molecule has 0 aromatic carbocycles. The molecule has 16 heavy (non-hydrogen) atoms. The standard InChI is InChI=1S/C13H18O2S/c1-10-8-11(9-16-10)12(14)13(15)6-4-2-3-5-7-13/h8-9,15H,2-7H2,1H3. The van der Waals surface area contributed by atoms with Gasteiger partial charge in [0.2, 0.25) is 0 Å². The minimum absolute atomic E-state index is 0.0706. The molecule has 0 saturated heterocycles. The molecule has 1 aromatic rings. The molecule has 1 N–H and O–H groups in total. The third-order valence-corrected chi connectivity index (χ3v) is 4.21. The molecule has 2 rings (SSSR count). The summed E-state index contributed by atoms with van der Waals surface area (Å²) in [6.45, 7) is 1.98. The summed E-state index contributed by atoms with van der Waals surface area (Å²) in [5.41, 5.74) is -0.406. The van der Waals surface area contributed by atoms with Crippen LogP contribution in [-0.4, -0.2) is 16.5 Å². The molecule has 0 amide bonds.